The van der Waals surface area contributed by atoms with Crippen molar-refractivity contribution >= 4 is 33.0 Å². The van der Waals surface area contributed by atoms with Gasteiger partial charge in [-0.2, -0.15) is 9.40 Å². The van der Waals surface area contributed by atoms with Crippen LogP contribution in [0, 0.1) is 0 Å². The van der Waals surface area contributed by atoms with Gasteiger partial charge in [-0.15, -0.1) is 11.3 Å². The van der Waals surface area contributed by atoms with Crippen LogP contribution >= 0.6 is 11.3 Å². The minimum atomic E-state index is -3.86. The Balaban J connectivity index is 1.53. The zero-order chi connectivity index (χ0) is 22.0. The molecule has 1 atom stereocenters. The maximum absolute atomic E-state index is 13.2. The van der Waals surface area contributed by atoms with Gasteiger partial charge in [0.15, 0.2) is 0 Å². The molecule has 1 aliphatic rings. The standard InChI is InChI=1S/C20H20N4O5S2/c1-29-14-6-4-13(5-7-14)21-20(26)16-3-2-12-24(16)31(27,28)19-11-9-17(30-19)15-8-10-18(25)23-22-15/h4-11,16H,2-3,12H2,1H3,(H,21,26)(H,23,25)/t16-/m0/s1. The van der Waals surface area contributed by atoms with Crippen LogP contribution in [0.2, 0.25) is 0 Å². The molecular formula is C20H20N4O5S2. The SMILES string of the molecule is COc1ccc(NC(=O)[C@@H]2CCCN2S(=O)(=O)c2ccc(-c3ccc(=O)[nH]n3)s2)cc1. The number of aromatic nitrogens is 2. The largest absolute Gasteiger partial charge is 0.497 e. The van der Waals surface area contributed by atoms with E-state index in [4.69, 9.17) is 4.74 Å². The van der Waals surface area contributed by atoms with Crippen molar-refractivity contribution in [2.45, 2.75) is 23.1 Å². The Morgan fingerprint density at radius 1 is 1.19 bits per heavy atom. The molecule has 0 spiro atoms. The highest BCUT2D eigenvalue weighted by Crippen LogP contribution is 2.34. The van der Waals surface area contributed by atoms with E-state index in [1.165, 1.54) is 22.5 Å². The lowest BCUT2D eigenvalue weighted by atomic mass is 10.2. The second-order valence-electron chi connectivity index (χ2n) is 6.92. The molecule has 1 aliphatic heterocycles. The Hall–Kier alpha value is -3.02. The molecule has 3 aromatic rings. The van der Waals surface area contributed by atoms with Crippen LogP contribution in [0.4, 0.5) is 5.69 Å². The van der Waals surface area contributed by atoms with Crippen molar-refractivity contribution < 1.29 is 17.9 Å². The van der Waals surface area contributed by atoms with Gasteiger partial charge in [0.1, 0.15) is 21.7 Å². The topological polar surface area (TPSA) is 121 Å². The molecule has 0 radical (unpaired) electrons. The normalized spacial score (nSPS) is 16.9. The van der Waals surface area contributed by atoms with Crippen LogP contribution in [0.5, 0.6) is 5.75 Å². The molecule has 0 unspecified atom stereocenters. The zero-order valence-corrected chi connectivity index (χ0v) is 18.2. The number of methoxy groups -OCH3 is 1. The number of rotatable bonds is 6. The first kappa shape index (κ1) is 21.2. The third-order valence-electron chi connectivity index (χ3n) is 4.94. The number of hydrogen-bond donors (Lipinski definition) is 2. The molecule has 2 aromatic heterocycles. The van der Waals surface area contributed by atoms with Gasteiger partial charge in [-0.1, -0.05) is 0 Å². The van der Waals surface area contributed by atoms with Crippen molar-refractivity contribution in [1.29, 1.82) is 0 Å². The third-order valence-corrected chi connectivity index (χ3v) is 8.42. The number of benzene rings is 1. The van der Waals surface area contributed by atoms with E-state index in [2.05, 4.69) is 15.5 Å². The number of aromatic amines is 1. The van der Waals surface area contributed by atoms with Crippen LogP contribution in [-0.2, 0) is 14.8 Å². The van der Waals surface area contributed by atoms with Gasteiger partial charge in [0, 0.05) is 18.3 Å². The number of nitrogens with one attached hydrogen (secondary N) is 2. The predicted molar refractivity (Wildman–Crippen MR) is 117 cm³/mol. The fourth-order valence-corrected chi connectivity index (χ4v) is 6.45. The summed E-state index contributed by atoms with van der Waals surface area (Å²) >= 11 is 1.05. The summed E-state index contributed by atoms with van der Waals surface area (Å²) in [4.78, 5) is 24.6. The van der Waals surface area contributed by atoms with E-state index >= 15 is 0 Å². The molecule has 2 N–H and O–H groups in total. The quantitative estimate of drug-likeness (QED) is 0.582. The van der Waals surface area contributed by atoms with Crippen molar-refractivity contribution in [2.24, 2.45) is 0 Å². The summed E-state index contributed by atoms with van der Waals surface area (Å²) in [6.07, 6.45) is 1.04. The smallest absolute Gasteiger partial charge is 0.264 e. The lowest BCUT2D eigenvalue weighted by Gasteiger charge is -2.22. The molecule has 1 aromatic carbocycles. The van der Waals surface area contributed by atoms with E-state index in [1.54, 1.807) is 37.4 Å². The van der Waals surface area contributed by atoms with E-state index in [-0.39, 0.29) is 22.2 Å². The molecule has 0 saturated carbocycles. The lowest BCUT2D eigenvalue weighted by molar-refractivity contribution is -0.119. The van der Waals surface area contributed by atoms with Gasteiger partial charge in [0.2, 0.25) is 5.91 Å². The second kappa shape index (κ2) is 8.61. The minimum Gasteiger partial charge on any atom is -0.497 e. The number of hydrogen-bond acceptors (Lipinski definition) is 7. The van der Waals surface area contributed by atoms with E-state index in [9.17, 15) is 18.0 Å². The van der Waals surface area contributed by atoms with Gasteiger partial charge in [0.05, 0.1) is 12.0 Å². The Labute approximate surface area is 182 Å². The van der Waals surface area contributed by atoms with E-state index in [1.807, 2.05) is 0 Å². The van der Waals surface area contributed by atoms with Gasteiger partial charge >= 0.3 is 0 Å². The number of ether oxygens (including phenoxy) is 1. The number of carbonyl (C=O) groups is 1. The van der Waals surface area contributed by atoms with Gasteiger partial charge in [-0.3, -0.25) is 9.59 Å². The maximum Gasteiger partial charge on any atom is 0.264 e. The van der Waals surface area contributed by atoms with Crippen molar-refractivity contribution in [2.75, 3.05) is 19.0 Å². The van der Waals surface area contributed by atoms with E-state index in [0.29, 0.717) is 34.8 Å². The molecular weight excluding hydrogens is 440 g/mol. The highest BCUT2D eigenvalue weighted by molar-refractivity contribution is 7.91. The van der Waals surface area contributed by atoms with Crippen LogP contribution in [0.1, 0.15) is 12.8 Å². The molecule has 162 valence electrons. The van der Waals surface area contributed by atoms with Gasteiger partial charge in [-0.25, -0.2) is 13.5 Å². The summed E-state index contributed by atoms with van der Waals surface area (Å²) in [6.45, 7) is 0.271. The van der Waals surface area contributed by atoms with Crippen LogP contribution < -0.4 is 15.6 Å². The van der Waals surface area contributed by atoms with Crippen LogP contribution in [0.15, 0.2) is 57.5 Å². The summed E-state index contributed by atoms with van der Waals surface area (Å²) in [5, 5.41) is 9.05. The van der Waals surface area contributed by atoms with E-state index < -0.39 is 16.1 Å². The van der Waals surface area contributed by atoms with Crippen molar-refractivity contribution in [3.8, 4) is 16.3 Å². The number of nitrogens with zero attached hydrogens (tertiary/aromatic N) is 2. The number of carbonyl (C=O) groups excluding carboxylic acids is 1. The van der Waals surface area contributed by atoms with Gasteiger partial charge in [-0.05, 0) is 55.3 Å². The summed E-state index contributed by atoms with van der Waals surface area (Å²) < 4.78 is 33.0. The average Bonchev–Trinajstić information content (AvgIpc) is 3.46. The summed E-state index contributed by atoms with van der Waals surface area (Å²) in [7, 11) is -2.31. The molecule has 0 aliphatic carbocycles. The predicted octanol–water partition coefficient (Wildman–Crippen LogP) is 2.30. The van der Waals surface area contributed by atoms with Gasteiger partial charge < -0.3 is 10.1 Å². The van der Waals surface area contributed by atoms with E-state index in [0.717, 1.165) is 11.3 Å². The van der Waals surface area contributed by atoms with Crippen LogP contribution in [0.3, 0.4) is 0 Å². The number of sulfonamides is 1. The summed E-state index contributed by atoms with van der Waals surface area (Å²) in [6, 6.07) is 12.1. The number of thiophene rings is 1. The molecule has 1 saturated heterocycles. The molecule has 0 bridgehead atoms. The first-order valence-electron chi connectivity index (χ1n) is 9.51. The lowest BCUT2D eigenvalue weighted by Crippen LogP contribution is -2.42. The highest BCUT2D eigenvalue weighted by atomic mass is 32.2. The fourth-order valence-electron chi connectivity index (χ4n) is 3.38. The summed E-state index contributed by atoms with van der Waals surface area (Å²) in [5.74, 6) is 0.291. The molecule has 31 heavy (non-hydrogen) atoms. The molecule has 1 fully saturated rings. The molecule has 11 heteroatoms. The number of anilines is 1. The van der Waals surface area contributed by atoms with Crippen LogP contribution in [-0.4, -0.2) is 48.5 Å². The maximum atomic E-state index is 13.2. The first-order chi connectivity index (χ1) is 14.9. The van der Waals surface area contributed by atoms with Gasteiger partial charge in [0.25, 0.3) is 15.6 Å². The minimum absolute atomic E-state index is 0.125. The average molecular weight is 461 g/mol. The Morgan fingerprint density at radius 3 is 2.65 bits per heavy atom. The summed E-state index contributed by atoms with van der Waals surface area (Å²) in [5.41, 5.74) is 0.704. The first-order valence-corrected chi connectivity index (χ1v) is 11.8. The van der Waals surface area contributed by atoms with Crippen molar-refractivity contribution in [3.63, 3.8) is 0 Å². The molecule has 1 amide bonds. The number of amides is 1. The molecule has 3 heterocycles. The second-order valence-corrected chi connectivity index (χ2v) is 10.1. The molecule has 4 rings (SSSR count). The number of H-pyrrole nitrogens is 1. The Kier molecular flexibility index (Phi) is 5.90. The monoisotopic (exact) mass is 460 g/mol. The van der Waals surface area contributed by atoms with Crippen molar-refractivity contribution in [1.82, 2.24) is 14.5 Å². The fraction of sp³-hybridized carbons (Fsp3) is 0.250. The van der Waals surface area contributed by atoms with Crippen molar-refractivity contribution in [3.05, 3.63) is 58.9 Å². The Morgan fingerprint density at radius 2 is 1.97 bits per heavy atom. The highest BCUT2D eigenvalue weighted by Gasteiger charge is 2.40. The third kappa shape index (κ3) is 4.38. The van der Waals surface area contributed by atoms with Crippen LogP contribution in [0.25, 0.3) is 10.6 Å². The Bertz CT molecular complexity index is 1230. The zero-order valence-electron chi connectivity index (χ0n) is 16.6. The molecule has 9 nitrogen and oxygen atoms in total.